The third-order valence-electron chi connectivity index (χ3n) is 2.68. The lowest BCUT2D eigenvalue weighted by Gasteiger charge is -2.08. The second kappa shape index (κ2) is 5.47. The van der Waals surface area contributed by atoms with Crippen LogP contribution in [0.15, 0.2) is 42.5 Å². The number of aliphatic hydroxyl groups excluding tert-OH is 1. The molecule has 18 heavy (non-hydrogen) atoms. The lowest BCUT2D eigenvalue weighted by atomic mass is 10.1. The SMILES string of the molecule is Cc1cc(Oc2cccc(CO)c2)ccc1C=O. The molecule has 0 aromatic heterocycles. The summed E-state index contributed by atoms with van der Waals surface area (Å²) < 4.78 is 5.67. The first-order chi connectivity index (χ1) is 8.72. The third-order valence-corrected chi connectivity index (χ3v) is 2.68. The highest BCUT2D eigenvalue weighted by Crippen LogP contribution is 2.24. The van der Waals surface area contributed by atoms with E-state index in [-0.39, 0.29) is 6.61 Å². The van der Waals surface area contributed by atoms with Gasteiger partial charge in [0, 0.05) is 5.56 Å². The first-order valence-corrected chi connectivity index (χ1v) is 5.66. The van der Waals surface area contributed by atoms with E-state index in [0.717, 1.165) is 17.4 Å². The first-order valence-electron chi connectivity index (χ1n) is 5.66. The van der Waals surface area contributed by atoms with Crippen molar-refractivity contribution in [2.75, 3.05) is 0 Å². The molecule has 0 radical (unpaired) electrons. The van der Waals surface area contributed by atoms with Gasteiger partial charge in [0.2, 0.25) is 0 Å². The van der Waals surface area contributed by atoms with Crippen molar-refractivity contribution in [2.45, 2.75) is 13.5 Å². The molecule has 0 heterocycles. The molecule has 0 saturated heterocycles. The summed E-state index contributed by atoms with van der Waals surface area (Å²) in [4.78, 5) is 10.7. The van der Waals surface area contributed by atoms with Crippen LogP contribution in [0.25, 0.3) is 0 Å². The lowest BCUT2D eigenvalue weighted by Crippen LogP contribution is -1.90. The van der Waals surface area contributed by atoms with E-state index < -0.39 is 0 Å². The van der Waals surface area contributed by atoms with Crippen LogP contribution in [0.1, 0.15) is 21.5 Å². The summed E-state index contributed by atoms with van der Waals surface area (Å²) in [5.41, 5.74) is 2.33. The number of carbonyl (C=O) groups is 1. The number of ether oxygens (including phenoxy) is 1. The predicted molar refractivity (Wildman–Crippen MR) is 69.0 cm³/mol. The summed E-state index contributed by atoms with van der Waals surface area (Å²) in [6.07, 6.45) is 0.825. The summed E-state index contributed by atoms with van der Waals surface area (Å²) in [6, 6.07) is 12.6. The number of aldehydes is 1. The fourth-order valence-corrected chi connectivity index (χ4v) is 1.69. The molecule has 2 rings (SSSR count). The molecule has 0 aliphatic heterocycles. The zero-order chi connectivity index (χ0) is 13.0. The molecule has 0 atom stereocenters. The van der Waals surface area contributed by atoms with Gasteiger partial charge in [-0.05, 0) is 48.4 Å². The predicted octanol–water partition coefficient (Wildman–Crippen LogP) is 3.09. The van der Waals surface area contributed by atoms with E-state index in [1.165, 1.54) is 0 Å². The monoisotopic (exact) mass is 242 g/mol. The maximum atomic E-state index is 10.7. The van der Waals surface area contributed by atoms with Crippen LogP contribution in [0.3, 0.4) is 0 Å². The molecule has 0 bridgehead atoms. The number of benzene rings is 2. The Morgan fingerprint density at radius 3 is 2.61 bits per heavy atom. The summed E-state index contributed by atoms with van der Waals surface area (Å²) in [5, 5.41) is 9.05. The van der Waals surface area contributed by atoms with Gasteiger partial charge in [0.05, 0.1) is 6.61 Å². The quantitative estimate of drug-likeness (QED) is 0.838. The third kappa shape index (κ3) is 2.76. The average Bonchev–Trinajstić information content (AvgIpc) is 2.39. The molecule has 0 saturated carbocycles. The minimum Gasteiger partial charge on any atom is -0.457 e. The lowest BCUT2D eigenvalue weighted by molar-refractivity contribution is 0.112. The number of hydrogen-bond acceptors (Lipinski definition) is 3. The maximum Gasteiger partial charge on any atom is 0.150 e. The van der Waals surface area contributed by atoms with E-state index in [1.807, 2.05) is 31.2 Å². The van der Waals surface area contributed by atoms with Crippen LogP contribution < -0.4 is 4.74 Å². The van der Waals surface area contributed by atoms with Gasteiger partial charge < -0.3 is 9.84 Å². The molecule has 0 spiro atoms. The van der Waals surface area contributed by atoms with Crippen molar-refractivity contribution >= 4 is 6.29 Å². The highest BCUT2D eigenvalue weighted by molar-refractivity contribution is 5.77. The second-order valence-electron chi connectivity index (χ2n) is 4.04. The molecule has 2 aromatic carbocycles. The van der Waals surface area contributed by atoms with Gasteiger partial charge in [-0.2, -0.15) is 0 Å². The number of aliphatic hydroxyl groups is 1. The molecular formula is C15H14O3. The van der Waals surface area contributed by atoms with Crippen LogP contribution >= 0.6 is 0 Å². The van der Waals surface area contributed by atoms with Crippen molar-refractivity contribution in [1.29, 1.82) is 0 Å². The van der Waals surface area contributed by atoms with Crippen molar-refractivity contribution in [1.82, 2.24) is 0 Å². The Morgan fingerprint density at radius 1 is 1.17 bits per heavy atom. The van der Waals surface area contributed by atoms with Gasteiger partial charge in [0.25, 0.3) is 0 Å². The normalized spacial score (nSPS) is 10.1. The van der Waals surface area contributed by atoms with Crippen molar-refractivity contribution in [3.63, 3.8) is 0 Å². The van der Waals surface area contributed by atoms with Crippen LogP contribution in [0, 0.1) is 6.92 Å². The topological polar surface area (TPSA) is 46.5 Å². The molecule has 0 unspecified atom stereocenters. The molecule has 3 heteroatoms. The molecule has 92 valence electrons. The van der Waals surface area contributed by atoms with Crippen LogP contribution in [0.2, 0.25) is 0 Å². The molecule has 0 fully saturated rings. The van der Waals surface area contributed by atoms with E-state index in [9.17, 15) is 4.79 Å². The zero-order valence-corrected chi connectivity index (χ0v) is 10.1. The smallest absolute Gasteiger partial charge is 0.150 e. The molecule has 3 nitrogen and oxygen atoms in total. The van der Waals surface area contributed by atoms with Gasteiger partial charge in [-0.15, -0.1) is 0 Å². The summed E-state index contributed by atoms with van der Waals surface area (Å²) in [5.74, 6) is 1.34. The van der Waals surface area contributed by atoms with Gasteiger partial charge in [-0.3, -0.25) is 4.79 Å². The average molecular weight is 242 g/mol. The van der Waals surface area contributed by atoms with Crippen molar-refractivity contribution < 1.29 is 14.6 Å². The molecule has 0 aliphatic carbocycles. The van der Waals surface area contributed by atoms with Gasteiger partial charge in [-0.25, -0.2) is 0 Å². The summed E-state index contributed by atoms with van der Waals surface area (Å²) in [6.45, 7) is 1.85. The van der Waals surface area contributed by atoms with Crippen molar-refractivity contribution in [3.8, 4) is 11.5 Å². The number of rotatable bonds is 4. The van der Waals surface area contributed by atoms with Crippen LogP contribution in [0.4, 0.5) is 0 Å². The number of carbonyl (C=O) groups excluding carboxylic acids is 1. The Morgan fingerprint density at radius 2 is 1.94 bits per heavy atom. The molecule has 2 aromatic rings. The van der Waals surface area contributed by atoms with Crippen molar-refractivity contribution in [3.05, 3.63) is 59.2 Å². The number of hydrogen-bond donors (Lipinski definition) is 1. The van der Waals surface area contributed by atoms with Gasteiger partial charge in [-0.1, -0.05) is 12.1 Å². The van der Waals surface area contributed by atoms with Gasteiger partial charge in [0.1, 0.15) is 17.8 Å². The highest BCUT2D eigenvalue weighted by atomic mass is 16.5. The molecule has 0 amide bonds. The number of aryl methyl sites for hydroxylation is 1. The van der Waals surface area contributed by atoms with Crippen LogP contribution in [0.5, 0.6) is 11.5 Å². The first kappa shape index (κ1) is 12.3. The Bertz CT molecular complexity index is 561. The van der Waals surface area contributed by atoms with Crippen LogP contribution in [-0.2, 0) is 6.61 Å². The van der Waals surface area contributed by atoms with Crippen molar-refractivity contribution in [2.24, 2.45) is 0 Å². The fraction of sp³-hybridized carbons (Fsp3) is 0.133. The van der Waals surface area contributed by atoms with Gasteiger partial charge in [0.15, 0.2) is 0 Å². The molecular weight excluding hydrogens is 228 g/mol. The Balaban J connectivity index is 2.22. The fourth-order valence-electron chi connectivity index (χ4n) is 1.69. The Hall–Kier alpha value is -2.13. The van der Waals surface area contributed by atoms with E-state index >= 15 is 0 Å². The van der Waals surface area contributed by atoms with Gasteiger partial charge >= 0.3 is 0 Å². The minimum absolute atomic E-state index is 0.0136. The summed E-state index contributed by atoms with van der Waals surface area (Å²) >= 11 is 0. The maximum absolute atomic E-state index is 10.7. The van der Waals surface area contributed by atoms with E-state index in [2.05, 4.69) is 0 Å². The minimum atomic E-state index is -0.0136. The van der Waals surface area contributed by atoms with E-state index in [1.54, 1.807) is 18.2 Å². The van der Waals surface area contributed by atoms with Crippen LogP contribution in [-0.4, -0.2) is 11.4 Å². The highest BCUT2D eigenvalue weighted by Gasteiger charge is 2.02. The second-order valence-corrected chi connectivity index (χ2v) is 4.04. The standard InChI is InChI=1S/C15H14O3/c1-11-7-15(6-5-13(11)10-17)18-14-4-2-3-12(8-14)9-16/h2-8,10,16H,9H2,1H3. The zero-order valence-electron chi connectivity index (χ0n) is 10.1. The Labute approximate surface area is 106 Å². The summed E-state index contributed by atoms with van der Waals surface area (Å²) in [7, 11) is 0. The largest absolute Gasteiger partial charge is 0.457 e. The molecule has 0 aliphatic rings. The Kier molecular flexibility index (Phi) is 3.75. The molecule has 1 N–H and O–H groups in total. The van der Waals surface area contributed by atoms with E-state index in [4.69, 9.17) is 9.84 Å². The van der Waals surface area contributed by atoms with E-state index in [0.29, 0.717) is 17.1 Å².